The SMILES string of the molecule is CCNC(=NCc1nc(C)c(C)o1)NCC(C)(C)CO.I. The third-order valence-electron chi connectivity index (χ3n) is 2.95. The number of nitrogens with zero attached hydrogens (tertiary/aromatic N) is 2. The number of nitrogens with one attached hydrogen (secondary N) is 2. The molecule has 0 aromatic carbocycles. The zero-order valence-corrected chi connectivity index (χ0v) is 15.8. The Hall–Kier alpha value is -0.830. The summed E-state index contributed by atoms with van der Waals surface area (Å²) in [7, 11) is 0. The zero-order chi connectivity index (χ0) is 15.2. The molecule has 1 aromatic rings. The summed E-state index contributed by atoms with van der Waals surface area (Å²) in [5, 5.41) is 15.6. The van der Waals surface area contributed by atoms with Crippen LogP contribution >= 0.6 is 24.0 Å². The molecule has 7 heteroatoms. The minimum absolute atomic E-state index is 0. The van der Waals surface area contributed by atoms with Gasteiger partial charge in [-0.3, -0.25) is 0 Å². The highest BCUT2D eigenvalue weighted by molar-refractivity contribution is 14.0. The maximum absolute atomic E-state index is 9.25. The number of rotatable bonds is 6. The first-order chi connectivity index (χ1) is 9.38. The third-order valence-corrected chi connectivity index (χ3v) is 2.95. The number of aryl methyl sites for hydroxylation is 2. The fourth-order valence-electron chi connectivity index (χ4n) is 1.47. The van der Waals surface area contributed by atoms with Gasteiger partial charge in [0, 0.05) is 25.1 Å². The molecule has 122 valence electrons. The molecular formula is C14H27IN4O2. The van der Waals surface area contributed by atoms with Gasteiger partial charge in [-0.05, 0) is 20.8 Å². The van der Waals surface area contributed by atoms with Crippen molar-refractivity contribution in [3.05, 3.63) is 17.3 Å². The van der Waals surface area contributed by atoms with E-state index in [0.717, 1.165) is 18.0 Å². The van der Waals surface area contributed by atoms with Crippen molar-refractivity contribution < 1.29 is 9.52 Å². The minimum atomic E-state index is -0.188. The Bertz CT molecular complexity index is 438. The van der Waals surface area contributed by atoms with E-state index in [2.05, 4.69) is 20.6 Å². The van der Waals surface area contributed by atoms with E-state index in [1.54, 1.807) is 0 Å². The van der Waals surface area contributed by atoms with Gasteiger partial charge in [0.2, 0.25) is 5.89 Å². The fraction of sp³-hybridized carbons (Fsp3) is 0.714. The summed E-state index contributed by atoms with van der Waals surface area (Å²) in [4.78, 5) is 8.73. The van der Waals surface area contributed by atoms with Crippen molar-refractivity contribution in [1.29, 1.82) is 0 Å². The van der Waals surface area contributed by atoms with E-state index in [0.29, 0.717) is 24.9 Å². The highest BCUT2D eigenvalue weighted by atomic mass is 127. The van der Waals surface area contributed by atoms with Crippen molar-refractivity contribution in [3.63, 3.8) is 0 Å². The molecule has 0 bridgehead atoms. The van der Waals surface area contributed by atoms with Crippen LogP contribution in [0.4, 0.5) is 0 Å². The summed E-state index contributed by atoms with van der Waals surface area (Å²) in [5.41, 5.74) is 0.710. The predicted octanol–water partition coefficient (Wildman–Crippen LogP) is 1.98. The number of aliphatic hydroxyl groups is 1. The largest absolute Gasteiger partial charge is 0.444 e. The topological polar surface area (TPSA) is 82.7 Å². The molecule has 21 heavy (non-hydrogen) atoms. The van der Waals surface area contributed by atoms with Gasteiger partial charge in [-0.2, -0.15) is 0 Å². The molecule has 0 amide bonds. The van der Waals surface area contributed by atoms with Crippen LogP contribution in [-0.4, -0.2) is 35.7 Å². The lowest BCUT2D eigenvalue weighted by atomic mass is 9.95. The smallest absolute Gasteiger partial charge is 0.216 e. The number of hydrogen-bond acceptors (Lipinski definition) is 4. The molecule has 1 aromatic heterocycles. The number of aliphatic hydroxyl groups excluding tert-OH is 1. The first-order valence-electron chi connectivity index (χ1n) is 6.94. The molecule has 6 nitrogen and oxygen atoms in total. The molecule has 1 heterocycles. The second-order valence-electron chi connectivity index (χ2n) is 5.62. The van der Waals surface area contributed by atoms with Crippen LogP contribution in [0.2, 0.25) is 0 Å². The van der Waals surface area contributed by atoms with Gasteiger partial charge in [-0.25, -0.2) is 9.98 Å². The van der Waals surface area contributed by atoms with Crippen LogP contribution in [0.3, 0.4) is 0 Å². The van der Waals surface area contributed by atoms with E-state index < -0.39 is 0 Å². The van der Waals surface area contributed by atoms with E-state index in [1.807, 2.05) is 34.6 Å². The molecule has 0 fully saturated rings. The minimum Gasteiger partial charge on any atom is -0.444 e. The summed E-state index contributed by atoms with van der Waals surface area (Å²) in [6, 6.07) is 0. The number of guanidine groups is 1. The summed E-state index contributed by atoms with van der Waals surface area (Å²) < 4.78 is 5.50. The first-order valence-corrected chi connectivity index (χ1v) is 6.94. The highest BCUT2D eigenvalue weighted by Gasteiger charge is 2.16. The molecule has 0 spiro atoms. The van der Waals surface area contributed by atoms with Crippen molar-refractivity contribution in [1.82, 2.24) is 15.6 Å². The number of hydrogen-bond donors (Lipinski definition) is 3. The Kier molecular flexibility index (Phi) is 8.88. The lowest BCUT2D eigenvalue weighted by Crippen LogP contribution is -2.43. The lowest BCUT2D eigenvalue weighted by molar-refractivity contribution is 0.162. The van der Waals surface area contributed by atoms with Gasteiger partial charge in [0.25, 0.3) is 0 Å². The molecule has 0 atom stereocenters. The molecular weight excluding hydrogens is 383 g/mol. The van der Waals surface area contributed by atoms with E-state index in [-0.39, 0.29) is 36.0 Å². The van der Waals surface area contributed by atoms with Crippen LogP contribution in [0, 0.1) is 19.3 Å². The van der Waals surface area contributed by atoms with Gasteiger partial charge in [-0.1, -0.05) is 13.8 Å². The van der Waals surface area contributed by atoms with Gasteiger partial charge < -0.3 is 20.2 Å². The lowest BCUT2D eigenvalue weighted by Gasteiger charge is -2.23. The summed E-state index contributed by atoms with van der Waals surface area (Å²) in [6.45, 7) is 11.7. The molecule has 0 saturated carbocycles. The van der Waals surface area contributed by atoms with Gasteiger partial charge >= 0.3 is 0 Å². The van der Waals surface area contributed by atoms with Gasteiger partial charge in [0.05, 0.1) is 5.69 Å². The Morgan fingerprint density at radius 2 is 2.00 bits per heavy atom. The van der Waals surface area contributed by atoms with E-state index >= 15 is 0 Å². The number of halogens is 1. The Morgan fingerprint density at radius 1 is 1.33 bits per heavy atom. The summed E-state index contributed by atoms with van der Waals surface area (Å²) in [6.07, 6.45) is 0. The van der Waals surface area contributed by atoms with Crippen molar-refractivity contribution >= 4 is 29.9 Å². The standard InChI is InChI=1S/C14H26N4O2.HI/c1-6-15-13(17-8-14(4,5)9-19)16-7-12-18-10(2)11(3)20-12;/h19H,6-9H2,1-5H3,(H2,15,16,17);1H. The van der Waals surface area contributed by atoms with Crippen LogP contribution in [0.5, 0.6) is 0 Å². The normalized spacial score (nSPS) is 12.0. The van der Waals surface area contributed by atoms with Crippen LogP contribution in [-0.2, 0) is 6.54 Å². The van der Waals surface area contributed by atoms with Crippen molar-refractivity contribution in [2.24, 2.45) is 10.4 Å². The maximum atomic E-state index is 9.25. The second kappa shape index (κ2) is 9.24. The van der Waals surface area contributed by atoms with Crippen molar-refractivity contribution in [2.45, 2.75) is 41.2 Å². The summed E-state index contributed by atoms with van der Waals surface area (Å²) >= 11 is 0. The molecule has 0 radical (unpaired) electrons. The van der Waals surface area contributed by atoms with Crippen LogP contribution in [0.1, 0.15) is 38.1 Å². The van der Waals surface area contributed by atoms with Crippen molar-refractivity contribution in [3.8, 4) is 0 Å². The number of aromatic nitrogens is 1. The Labute approximate surface area is 143 Å². The number of aliphatic imine (C=N–C) groups is 1. The molecule has 0 aliphatic carbocycles. The van der Waals surface area contributed by atoms with E-state index in [1.165, 1.54) is 0 Å². The second-order valence-corrected chi connectivity index (χ2v) is 5.62. The zero-order valence-electron chi connectivity index (χ0n) is 13.5. The monoisotopic (exact) mass is 410 g/mol. The fourth-order valence-corrected chi connectivity index (χ4v) is 1.47. The van der Waals surface area contributed by atoms with E-state index in [4.69, 9.17) is 4.42 Å². The number of oxazole rings is 1. The van der Waals surface area contributed by atoms with Crippen LogP contribution < -0.4 is 10.6 Å². The molecule has 0 unspecified atom stereocenters. The molecule has 3 N–H and O–H groups in total. The Morgan fingerprint density at radius 3 is 2.48 bits per heavy atom. The molecule has 0 saturated heterocycles. The Balaban J connectivity index is 0.00000400. The van der Waals surface area contributed by atoms with Gasteiger partial charge in [0.15, 0.2) is 5.96 Å². The van der Waals surface area contributed by atoms with Gasteiger partial charge in [-0.15, -0.1) is 24.0 Å². The molecule has 1 rings (SSSR count). The quantitative estimate of drug-likeness (QED) is 0.380. The molecule has 0 aliphatic rings. The first kappa shape index (κ1) is 20.2. The van der Waals surface area contributed by atoms with Crippen LogP contribution in [0.25, 0.3) is 0 Å². The van der Waals surface area contributed by atoms with E-state index in [9.17, 15) is 5.11 Å². The molecule has 0 aliphatic heterocycles. The third kappa shape index (κ3) is 7.12. The summed E-state index contributed by atoms with van der Waals surface area (Å²) in [5.74, 6) is 2.13. The van der Waals surface area contributed by atoms with Gasteiger partial charge in [0.1, 0.15) is 12.3 Å². The average molecular weight is 410 g/mol. The predicted molar refractivity (Wildman–Crippen MR) is 95.1 cm³/mol. The van der Waals surface area contributed by atoms with Crippen molar-refractivity contribution in [2.75, 3.05) is 19.7 Å². The average Bonchev–Trinajstić information content (AvgIpc) is 2.72. The van der Waals surface area contributed by atoms with Crippen LogP contribution in [0.15, 0.2) is 9.41 Å². The maximum Gasteiger partial charge on any atom is 0.216 e. The highest BCUT2D eigenvalue weighted by Crippen LogP contribution is 2.11.